The van der Waals surface area contributed by atoms with Crippen molar-refractivity contribution in [1.29, 1.82) is 0 Å². The van der Waals surface area contributed by atoms with Crippen LogP contribution in [-0.2, 0) is 6.54 Å². The highest BCUT2D eigenvalue weighted by molar-refractivity contribution is 6.00. The molecule has 1 heterocycles. The average Bonchev–Trinajstić information content (AvgIpc) is 2.99. The Bertz CT molecular complexity index is 783. The summed E-state index contributed by atoms with van der Waals surface area (Å²) in [6, 6.07) is 17.3. The molecule has 1 aromatic heterocycles. The summed E-state index contributed by atoms with van der Waals surface area (Å²) < 4.78 is 0. The van der Waals surface area contributed by atoms with Crippen molar-refractivity contribution < 1.29 is 9.90 Å². The van der Waals surface area contributed by atoms with E-state index in [1.807, 2.05) is 54.6 Å². The minimum absolute atomic E-state index is 0.0753. The third kappa shape index (κ3) is 3.52. The maximum absolute atomic E-state index is 12.5. The third-order valence-electron chi connectivity index (χ3n) is 3.70. The van der Waals surface area contributed by atoms with Gasteiger partial charge in [-0.1, -0.05) is 48.5 Å². The zero-order valence-corrected chi connectivity index (χ0v) is 12.7. The highest BCUT2D eigenvalue weighted by Crippen LogP contribution is 2.23. The number of aliphatic hydroxyl groups is 1. The van der Waals surface area contributed by atoms with Gasteiger partial charge in [-0.3, -0.25) is 0 Å². The Morgan fingerprint density at radius 1 is 1.09 bits per heavy atom. The minimum Gasteiger partial charge on any atom is -0.395 e. The lowest BCUT2D eigenvalue weighted by atomic mass is 10.2. The first-order valence-electron chi connectivity index (χ1n) is 7.55. The Balaban J connectivity index is 1.76. The summed E-state index contributed by atoms with van der Waals surface area (Å²) in [4.78, 5) is 17.3. The molecule has 0 atom stereocenters. The zero-order chi connectivity index (χ0) is 16.1. The molecule has 23 heavy (non-hydrogen) atoms. The van der Waals surface area contributed by atoms with Crippen LogP contribution >= 0.6 is 0 Å². The lowest BCUT2D eigenvalue weighted by molar-refractivity contribution is 0.185. The van der Waals surface area contributed by atoms with E-state index in [-0.39, 0.29) is 19.2 Å². The van der Waals surface area contributed by atoms with Crippen LogP contribution in [0.2, 0.25) is 0 Å². The topological polar surface area (TPSA) is 68.4 Å². The Morgan fingerprint density at radius 3 is 2.61 bits per heavy atom. The summed E-state index contributed by atoms with van der Waals surface area (Å²) in [7, 11) is 0. The summed E-state index contributed by atoms with van der Waals surface area (Å²) in [5.41, 5.74) is 2.73. The quantitative estimate of drug-likeness (QED) is 0.677. The van der Waals surface area contributed by atoms with Crippen LogP contribution in [0.1, 0.15) is 5.56 Å². The van der Waals surface area contributed by atoms with E-state index in [1.54, 1.807) is 11.1 Å². The fourth-order valence-electron chi connectivity index (χ4n) is 2.55. The summed E-state index contributed by atoms with van der Waals surface area (Å²) in [6.45, 7) is 0.660. The van der Waals surface area contributed by atoms with E-state index in [4.69, 9.17) is 0 Å². The molecule has 0 fully saturated rings. The van der Waals surface area contributed by atoms with E-state index < -0.39 is 0 Å². The molecule has 2 amide bonds. The molecule has 3 aromatic rings. The minimum atomic E-state index is -0.229. The lowest BCUT2D eigenvalue weighted by Gasteiger charge is -2.22. The number of nitrogens with one attached hydrogen (secondary N) is 2. The van der Waals surface area contributed by atoms with Crippen molar-refractivity contribution in [2.75, 3.05) is 18.5 Å². The fourth-order valence-corrected chi connectivity index (χ4v) is 2.55. The molecule has 0 saturated carbocycles. The van der Waals surface area contributed by atoms with Crippen LogP contribution in [0.4, 0.5) is 10.5 Å². The van der Waals surface area contributed by atoms with Crippen LogP contribution in [0.25, 0.3) is 10.9 Å². The van der Waals surface area contributed by atoms with Crippen LogP contribution in [0.5, 0.6) is 0 Å². The van der Waals surface area contributed by atoms with Crippen LogP contribution in [0.15, 0.2) is 60.8 Å². The van der Waals surface area contributed by atoms with Gasteiger partial charge in [-0.05, 0) is 11.6 Å². The van der Waals surface area contributed by atoms with E-state index in [9.17, 15) is 9.90 Å². The number of aromatic amines is 1. The molecule has 0 aliphatic carbocycles. The summed E-state index contributed by atoms with van der Waals surface area (Å²) >= 11 is 0. The largest absolute Gasteiger partial charge is 0.395 e. The molecular formula is C18H19N3O2. The highest BCUT2D eigenvalue weighted by atomic mass is 16.3. The van der Waals surface area contributed by atoms with Gasteiger partial charge in [-0.25, -0.2) is 4.79 Å². The normalized spacial score (nSPS) is 10.7. The van der Waals surface area contributed by atoms with E-state index in [2.05, 4.69) is 10.3 Å². The standard InChI is InChI=1S/C18H19N3O2/c22-11-10-21(13-14-6-2-1-3-7-14)18(23)20-17-12-19-16-9-5-4-8-15(16)17/h1-9,12,19,22H,10-11,13H2,(H,20,23). The van der Waals surface area contributed by atoms with Gasteiger partial charge in [0.25, 0.3) is 0 Å². The number of fused-ring (bicyclic) bond motifs is 1. The molecule has 0 aliphatic heterocycles. The number of hydrogen-bond acceptors (Lipinski definition) is 2. The number of anilines is 1. The molecule has 0 unspecified atom stereocenters. The van der Waals surface area contributed by atoms with Gasteiger partial charge in [0.05, 0.1) is 12.3 Å². The van der Waals surface area contributed by atoms with Gasteiger partial charge in [0.1, 0.15) is 0 Å². The summed E-state index contributed by atoms with van der Waals surface area (Å²) in [5.74, 6) is 0. The molecule has 0 radical (unpaired) electrons. The van der Waals surface area contributed by atoms with Crippen molar-refractivity contribution in [2.45, 2.75) is 6.54 Å². The number of H-pyrrole nitrogens is 1. The van der Waals surface area contributed by atoms with Crippen LogP contribution < -0.4 is 5.32 Å². The fraction of sp³-hybridized carbons (Fsp3) is 0.167. The van der Waals surface area contributed by atoms with E-state index in [1.165, 1.54) is 0 Å². The first-order valence-corrected chi connectivity index (χ1v) is 7.55. The number of aromatic nitrogens is 1. The number of carbonyl (C=O) groups is 1. The number of amides is 2. The number of carbonyl (C=O) groups excluding carboxylic acids is 1. The predicted molar refractivity (Wildman–Crippen MR) is 91.3 cm³/mol. The molecular weight excluding hydrogens is 290 g/mol. The summed E-state index contributed by atoms with van der Waals surface area (Å²) in [6.07, 6.45) is 1.78. The Kier molecular flexibility index (Phi) is 4.59. The van der Waals surface area contributed by atoms with Crippen molar-refractivity contribution in [2.24, 2.45) is 0 Å². The van der Waals surface area contributed by atoms with Crippen molar-refractivity contribution in [3.05, 3.63) is 66.4 Å². The van der Waals surface area contributed by atoms with Crippen molar-refractivity contribution in [3.8, 4) is 0 Å². The van der Waals surface area contributed by atoms with Crippen LogP contribution in [0, 0.1) is 0 Å². The molecule has 118 valence electrons. The number of hydrogen-bond donors (Lipinski definition) is 3. The van der Waals surface area contributed by atoms with Gasteiger partial charge in [-0.15, -0.1) is 0 Å². The highest BCUT2D eigenvalue weighted by Gasteiger charge is 2.15. The monoisotopic (exact) mass is 309 g/mol. The SMILES string of the molecule is O=C(Nc1c[nH]c2ccccc12)N(CCO)Cc1ccccc1. The average molecular weight is 309 g/mol. The number of benzene rings is 2. The number of rotatable bonds is 5. The first-order chi connectivity index (χ1) is 11.3. The second kappa shape index (κ2) is 6.98. The van der Waals surface area contributed by atoms with Crippen LogP contribution in [-0.4, -0.2) is 34.2 Å². The van der Waals surface area contributed by atoms with Gasteiger partial charge >= 0.3 is 6.03 Å². The number of para-hydroxylation sites is 1. The lowest BCUT2D eigenvalue weighted by Crippen LogP contribution is -2.36. The molecule has 2 aromatic carbocycles. The predicted octanol–water partition coefficient (Wildman–Crippen LogP) is 3.19. The molecule has 3 N–H and O–H groups in total. The van der Waals surface area contributed by atoms with Crippen molar-refractivity contribution >= 4 is 22.6 Å². The third-order valence-corrected chi connectivity index (χ3v) is 3.70. The summed E-state index contributed by atoms with van der Waals surface area (Å²) in [5, 5.41) is 13.1. The van der Waals surface area contributed by atoms with Crippen molar-refractivity contribution in [1.82, 2.24) is 9.88 Å². The Hall–Kier alpha value is -2.79. The molecule has 0 aliphatic rings. The molecule has 0 saturated heterocycles. The maximum Gasteiger partial charge on any atom is 0.322 e. The van der Waals surface area contributed by atoms with Gasteiger partial charge in [0, 0.05) is 30.2 Å². The molecule has 0 bridgehead atoms. The number of nitrogens with zero attached hydrogens (tertiary/aromatic N) is 1. The van der Waals surface area contributed by atoms with Gasteiger partial charge < -0.3 is 20.3 Å². The smallest absolute Gasteiger partial charge is 0.322 e. The zero-order valence-electron chi connectivity index (χ0n) is 12.7. The van der Waals surface area contributed by atoms with E-state index in [0.717, 1.165) is 22.2 Å². The molecule has 3 rings (SSSR count). The van der Waals surface area contributed by atoms with Gasteiger partial charge in [0.15, 0.2) is 0 Å². The second-order valence-electron chi connectivity index (χ2n) is 5.31. The first kappa shape index (κ1) is 15.1. The van der Waals surface area contributed by atoms with Crippen LogP contribution in [0.3, 0.4) is 0 Å². The molecule has 5 heteroatoms. The number of aliphatic hydroxyl groups excluding tert-OH is 1. The maximum atomic E-state index is 12.5. The second-order valence-corrected chi connectivity index (χ2v) is 5.31. The molecule has 0 spiro atoms. The Morgan fingerprint density at radius 2 is 1.83 bits per heavy atom. The van der Waals surface area contributed by atoms with Gasteiger partial charge in [0.2, 0.25) is 0 Å². The van der Waals surface area contributed by atoms with Gasteiger partial charge in [-0.2, -0.15) is 0 Å². The Labute approximate surface area is 134 Å². The van der Waals surface area contributed by atoms with E-state index in [0.29, 0.717) is 6.54 Å². The van der Waals surface area contributed by atoms with E-state index >= 15 is 0 Å². The molecule has 5 nitrogen and oxygen atoms in total. The van der Waals surface area contributed by atoms with Crippen molar-refractivity contribution in [3.63, 3.8) is 0 Å². The number of urea groups is 1.